The van der Waals surface area contributed by atoms with Gasteiger partial charge in [-0.15, -0.1) is 0 Å². The Hall–Kier alpha value is -5.23. The van der Waals surface area contributed by atoms with Gasteiger partial charge in [0.2, 0.25) is 0 Å². The molecular formula is C43H29BN2SSi. The van der Waals surface area contributed by atoms with Crippen LogP contribution in [-0.2, 0) is 0 Å². The molecule has 0 N–H and O–H groups in total. The Balaban J connectivity index is 1.32. The van der Waals surface area contributed by atoms with Crippen molar-refractivity contribution < 1.29 is 0 Å². The first-order valence-electron chi connectivity index (χ1n) is 16.7. The van der Waals surface area contributed by atoms with Crippen molar-refractivity contribution in [3.05, 3.63) is 163 Å². The van der Waals surface area contributed by atoms with Gasteiger partial charge < -0.3 is 9.71 Å². The second-order valence-corrected chi connectivity index (χ2v) is 18.1. The molecule has 2 nitrogen and oxygen atoms in total. The van der Waals surface area contributed by atoms with Gasteiger partial charge >= 0.3 is 6.85 Å². The van der Waals surface area contributed by atoms with Crippen LogP contribution in [0, 0.1) is 6.92 Å². The lowest BCUT2D eigenvalue weighted by Crippen LogP contribution is -2.79. The Morgan fingerprint density at radius 2 is 1.17 bits per heavy atom. The molecule has 0 amide bonds. The molecule has 224 valence electrons. The Kier molecular flexibility index (Phi) is 5.39. The summed E-state index contributed by atoms with van der Waals surface area (Å²) in [5.41, 5.74) is 13.4. The zero-order valence-electron chi connectivity index (χ0n) is 26.4. The lowest BCUT2D eigenvalue weighted by molar-refractivity contribution is 1.20. The van der Waals surface area contributed by atoms with Crippen LogP contribution < -0.4 is 41.4 Å². The largest absolute Gasteiger partial charge is 0.374 e. The average molecular weight is 645 g/mol. The van der Waals surface area contributed by atoms with Crippen molar-refractivity contribution >= 4 is 86.8 Å². The molecule has 7 aromatic rings. The fraction of sp³-hybridized carbons (Fsp3) is 0.0233. The minimum atomic E-state index is -2.74. The van der Waals surface area contributed by atoms with Gasteiger partial charge in [-0.3, -0.25) is 0 Å². The van der Waals surface area contributed by atoms with E-state index in [9.17, 15) is 0 Å². The van der Waals surface area contributed by atoms with Crippen LogP contribution in [0.25, 0.3) is 11.1 Å². The van der Waals surface area contributed by atoms with Gasteiger partial charge in [-0.05, 0) is 80.1 Å². The Morgan fingerprint density at radius 1 is 0.521 bits per heavy atom. The van der Waals surface area contributed by atoms with Gasteiger partial charge in [0.05, 0.1) is 5.69 Å². The number of benzene rings is 7. The Labute approximate surface area is 286 Å². The molecule has 4 aliphatic heterocycles. The van der Waals surface area contributed by atoms with Crippen LogP contribution >= 0.6 is 11.8 Å². The van der Waals surface area contributed by atoms with Gasteiger partial charge in [-0.1, -0.05) is 139 Å². The van der Waals surface area contributed by atoms with Gasteiger partial charge in [-0.2, -0.15) is 0 Å². The molecule has 0 saturated heterocycles. The van der Waals surface area contributed by atoms with Crippen LogP contribution in [0.3, 0.4) is 0 Å². The minimum Gasteiger partial charge on any atom is -0.374 e. The third-order valence-corrected chi connectivity index (χ3v) is 16.9. The monoisotopic (exact) mass is 644 g/mol. The quantitative estimate of drug-likeness (QED) is 0.190. The molecule has 7 aromatic carbocycles. The molecule has 4 heterocycles. The predicted molar refractivity (Wildman–Crippen MR) is 206 cm³/mol. The van der Waals surface area contributed by atoms with E-state index in [4.69, 9.17) is 0 Å². The first-order valence-corrected chi connectivity index (χ1v) is 19.5. The molecule has 0 aliphatic carbocycles. The molecular weight excluding hydrogens is 615 g/mol. The normalized spacial score (nSPS) is 15.1. The van der Waals surface area contributed by atoms with E-state index in [1.165, 1.54) is 86.6 Å². The summed E-state index contributed by atoms with van der Waals surface area (Å²) in [5.74, 6) is 0. The predicted octanol–water partition coefficient (Wildman–Crippen LogP) is 6.86. The number of fused-ring (bicyclic) bond motifs is 8. The first kappa shape index (κ1) is 26.8. The van der Waals surface area contributed by atoms with Crippen molar-refractivity contribution in [1.82, 2.24) is 0 Å². The minimum absolute atomic E-state index is 0.0426. The molecule has 0 bridgehead atoms. The van der Waals surface area contributed by atoms with E-state index in [2.05, 4.69) is 174 Å². The zero-order valence-corrected chi connectivity index (χ0v) is 28.2. The molecule has 48 heavy (non-hydrogen) atoms. The summed E-state index contributed by atoms with van der Waals surface area (Å²) in [4.78, 5) is 7.96. The molecule has 0 radical (unpaired) electrons. The Bertz CT molecular complexity index is 2440. The molecule has 0 fully saturated rings. The number of aryl methyl sites for hydroxylation is 1. The number of anilines is 5. The molecule has 0 aromatic heterocycles. The zero-order chi connectivity index (χ0) is 31.6. The standard InChI is InChI=1S/C43H29BN2SSi/c1-28-26-32-31-18-12-23-38-42(31)46(34-20-8-10-22-37(34)47-38)44-33-19-13-25-40-43(33)45(36(27-28)41(32)44)35-21-9-11-24-39(35)48(40,29-14-4-2-5-15-29)30-16-6-3-7-17-30/h2-27H,1H3. The fourth-order valence-corrected chi connectivity index (χ4v) is 15.5. The number of hydrogen-bond acceptors (Lipinski definition) is 3. The summed E-state index contributed by atoms with van der Waals surface area (Å²) in [7, 11) is -2.74. The SMILES string of the molecule is Cc1cc2c3c(c1)N1c4ccccc4[Si](c4ccccc4)(c4ccccc4)c4cccc(c41)B3N1c3ccccc3Sc3cccc-2c31. The van der Waals surface area contributed by atoms with E-state index in [1.54, 1.807) is 0 Å². The fourth-order valence-electron chi connectivity index (χ4n) is 9.22. The van der Waals surface area contributed by atoms with Gasteiger partial charge in [0.25, 0.3) is 0 Å². The van der Waals surface area contributed by atoms with Crippen molar-refractivity contribution in [2.24, 2.45) is 0 Å². The number of rotatable bonds is 2. The second-order valence-electron chi connectivity index (χ2n) is 13.3. The van der Waals surface area contributed by atoms with Gasteiger partial charge in [-0.25, -0.2) is 0 Å². The molecule has 5 heteroatoms. The summed E-state index contributed by atoms with van der Waals surface area (Å²) < 4.78 is 0. The molecule has 0 spiro atoms. The molecule has 11 rings (SSSR count). The number of hydrogen-bond donors (Lipinski definition) is 0. The maximum absolute atomic E-state index is 2.74. The third kappa shape index (κ3) is 3.25. The van der Waals surface area contributed by atoms with E-state index in [0.29, 0.717) is 0 Å². The van der Waals surface area contributed by atoms with Crippen molar-refractivity contribution in [2.75, 3.05) is 9.71 Å². The highest BCUT2D eigenvalue weighted by Crippen LogP contribution is 2.55. The van der Waals surface area contributed by atoms with E-state index < -0.39 is 8.07 Å². The maximum atomic E-state index is 2.68. The van der Waals surface area contributed by atoms with Crippen LogP contribution in [0.15, 0.2) is 168 Å². The van der Waals surface area contributed by atoms with Gasteiger partial charge in [0, 0.05) is 38.1 Å². The number of nitrogens with zero attached hydrogens (tertiary/aromatic N) is 2. The maximum Gasteiger partial charge on any atom is 0.333 e. The van der Waals surface area contributed by atoms with Crippen molar-refractivity contribution in [1.29, 1.82) is 0 Å². The first-order chi connectivity index (χ1) is 23.7. The van der Waals surface area contributed by atoms with E-state index >= 15 is 0 Å². The van der Waals surface area contributed by atoms with Gasteiger partial charge in [0.1, 0.15) is 0 Å². The van der Waals surface area contributed by atoms with Crippen LogP contribution in [0.2, 0.25) is 0 Å². The van der Waals surface area contributed by atoms with E-state index in [0.717, 1.165) is 0 Å². The molecule has 0 saturated carbocycles. The topological polar surface area (TPSA) is 6.48 Å². The third-order valence-electron chi connectivity index (χ3n) is 10.9. The molecule has 0 unspecified atom stereocenters. The van der Waals surface area contributed by atoms with Crippen LogP contribution in [0.4, 0.5) is 28.4 Å². The van der Waals surface area contributed by atoms with Crippen LogP contribution in [0.5, 0.6) is 0 Å². The lowest BCUT2D eigenvalue weighted by Gasteiger charge is -2.52. The van der Waals surface area contributed by atoms with E-state index in [-0.39, 0.29) is 6.85 Å². The van der Waals surface area contributed by atoms with E-state index in [1.807, 2.05) is 11.8 Å². The summed E-state index contributed by atoms with van der Waals surface area (Å²) in [6.45, 7) is 2.31. The highest BCUT2D eigenvalue weighted by Gasteiger charge is 2.54. The van der Waals surface area contributed by atoms with Crippen LogP contribution in [-0.4, -0.2) is 14.9 Å². The molecule has 0 atom stereocenters. The van der Waals surface area contributed by atoms with Gasteiger partial charge in [0.15, 0.2) is 8.07 Å². The smallest absolute Gasteiger partial charge is 0.333 e. The summed E-state index contributed by atoms with van der Waals surface area (Å²) in [5, 5.41) is 5.74. The van der Waals surface area contributed by atoms with Crippen molar-refractivity contribution in [3.8, 4) is 11.1 Å². The summed E-state index contributed by atoms with van der Waals surface area (Å²) in [6.07, 6.45) is 0. The number of para-hydroxylation sites is 4. The van der Waals surface area contributed by atoms with Crippen molar-refractivity contribution in [2.45, 2.75) is 16.7 Å². The average Bonchev–Trinajstić information content (AvgIpc) is 3.14. The highest BCUT2D eigenvalue weighted by atomic mass is 32.2. The van der Waals surface area contributed by atoms with Crippen LogP contribution in [0.1, 0.15) is 5.56 Å². The Morgan fingerprint density at radius 3 is 1.96 bits per heavy atom. The highest BCUT2D eigenvalue weighted by molar-refractivity contribution is 7.99. The summed E-state index contributed by atoms with van der Waals surface area (Å²) >= 11 is 1.90. The summed E-state index contributed by atoms with van der Waals surface area (Å²) in [6, 6.07) is 60.0. The molecule has 4 aliphatic rings. The van der Waals surface area contributed by atoms with Crippen molar-refractivity contribution in [3.63, 3.8) is 0 Å². The second kappa shape index (κ2) is 9.66. The lowest BCUT2D eigenvalue weighted by atomic mass is 9.43.